The summed E-state index contributed by atoms with van der Waals surface area (Å²) in [4.78, 5) is 21.7. The van der Waals surface area contributed by atoms with Crippen molar-refractivity contribution in [2.75, 3.05) is 6.54 Å². The van der Waals surface area contributed by atoms with E-state index < -0.39 is 5.97 Å². The number of hydrogen-bond acceptors (Lipinski definition) is 5. The van der Waals surface area contributed by atoms with E-state index in [-0.39, 0.29) is 6.42 Å². The number of aliphatic carboxylic acids is 1. The molecule has 5 heteroatoms. The molecule has 0 saturated heterocycles. The second-order valence-electron chi connectivity index (χ2n) is 5.37. The van der Waals surface area contributed by atoms with Gasteiger partial charge in [0.15, 0.2) is 0 Å². The summed E-state index contributed by atoms with van der Waals surface area (Å²) in [6, 6.07) is 11.7. The molecule has 2 heterocycles. The summed E-state index contributed by atoms with van der Waals surface area (Å²) >= 11 is 0. The Morgan fingerprint density at radius 1 is 1.00 bits per heavy atom. The Hall–Kier alpha value is -2.27. The first kappa shape index (κ1) is 16.1. The molecule has 0 atom stereocenters. The zero-order valence-corrected chi connectivity index (χ0v) is 13.0. The quantitative estimate of drug-likeness (QED) is 0.769. The topological polar surface area (TPSA) is 69.2 Å². The van der Waals surface area contributed by atoms with Crippen molar-refractivity contribution in [2.24, 2.45) is 0 Å². The number of carboxylic acids is 1. The van der Waals surface area contributed by atoms with Crippen LogP contribution < -0.4 is 5.11 Å². The SMILES string of the molecule is Cc1cccc(CN(CCC(=O)[O-])Cc2cccc(C)n2)n1. The van der Waals surface area contributed by atoms with Gasteiger partial charge >= 0.3 is 0 Å². The van der Waals surface area contributed by atoms with Crippen molar-refractivity contribution in [3.8, 4) is 0 Å². The van der Waals surface area contributed by atoms with Crippen LogP contribution in [0.15, 0.2) is 36.4 Å². The largest absolute Gasteiger partial charge is 0.550 e. The third-order valence-electron chi connectivity index (χ3n) is 3.30. The van der Waals surface area contributed by atoms with Gasteiger partial charge in [0.05, 0.1) is 11.4 Å². The molecule has 2 aromatic heterocycles. The van der Waals surface area contributed by atoms with Gasteiger partial charge < -0.3 is 9.90 Å². The maximum absolute atomic E-state index is 10.7. The molecule has 0 aliphatic carbocycles. The molecule has 0 N–H and O–H groups in total. The van der Waals surface area contributed by atoms with E-state index in [1.807, 2.05) is 55.1 Å². The summed E-state index contributed by atoms with van der Waals surface area (Å²) in [5, 5.41) is 10.7. The third-order valence-corrected chi connectivity index (χ3v) is 3.30. The first-order valence-electron chi connectivity index (χ1n) is 7.30. The van der Waals surface area contributed by atoms with Crippen molar-refractivity contribution in [1.82, 2.24) is 14.9 Å². The van der Waals surface area contributed by atoms with Crippen LogP contribution >= 0.6 is 0 Å². The maximum atomic E-state index is 10.7. The lowest BCUT2D eigenvalue weighted by molar-refractivity contribution is -0.305. The highest BCUT2D eigenvalue weighted by Crippen LogP contribution is 2.09. The normalized spacial score (nSPS) is 10.9. The van der Waals surface area contributed by atoms with Crippen LogP contribution in [0.1, 0.15) is 29.2 Å². The molecule has 22 heavy (non-hydrogen) atoms. The fraction of sp³-hybridized carbons (Fsp3) is 0.353. The van der Waals surface area contributed by atoms with E-state index in [1.165, 1.54) is 0 Å². The van der Waals surface area contributed by atoms with Crippen molar-refractivity contribution in [3.63, 3.8) is 0 Å². The molecule has 0 amide bonds. The Kier molecular flexibility index (Phi) is 5.61. The van der Waals surface area contributed by atoms with Gasteiger partial charge in [0, 0.05) is 37.0 Å². The molecule has 0 spiro atoms. The summed E-state index contributed by atoms with van der Waals surface area (Å²) in [6.07, 6.45) is -0.00235. The predicted octanol–water partition coefficient (Wildman–Crippen LogP) is 1.24. The summed E-state index contributed by atoms with van der Waals surface area (Å²) in [5.41, 5.74) is 3.74. The second kappa shape index (κ2) is 7.66. The number of pyridine rings is 2. The number of nitrogens with zero attached hydrogens (tertiary/aromatic N) is 3. The van der Waals surface area contributed by atoms with Crippen molar-refractivity contribution >= 4 is 5.97 Å². The van der Waals surface area contributed by atoms with Gasteiger partial charge in [-0.05, 0) is 44.5 Å². The highest BCUT2D eigenvalue weighted by molar-refractivity contribution is 5.64. The summed E-state index contributed by atoms with van der Waals surface area (Å²) in [7, 11) is 0. The van der Waals surface area contributed by atoms with Gasteiger partial charge in [-0.3, -0.25) is 14.9 Å². The molecular formula is C17H20N3O2-. The second-order valence-corrected chi connectivity index (χ2v) is 5.37. The zero-order valence-electron chi connectivity index (χ0n) is 13.0. The molecule has 0 radical (unpaired) electrons. The van der Waals surface area contributed by atoms with Crippen LogP contribution in [0.2, 0.25) is 0 Å². The number of rotatable bonds is 7. The van der Waals surface area contributed by atoms with E-state index in [1.54, 1.807) is 0 Å². The van der Waals surface area contributed by atoms with Gasteiger partial charge in [-0.15, -0.1) is 0 Å². The number of carboxylic acid groups (broad SMARTS) is 1. The molecule has 0 fully saturated rings. The smallest absolute Gasteiger partial charge is 0.0547 e. The number of carbonyl (C=O) groups excluding carboxylic acids is 1. The minimum Gasteiger partial charge on any atom is -0.550 e. The fourth-order valence-electron chi connectivity index (χ4n) is 2.30. The lowest BCUT2D eigenvalue weighted by Gasteiger charge is -2.22. The van der Waals surface area contributed by atoms with E-state index in [2.05, 4.69) is 9.97 Å². The van der Waals surface area contributed by atoms with E-state index in [9.17, 15) is 9.90 Å². The van der Waals surface area contributed by atoms with Gasteiger partial charge in [0.1, 0.15) is 0 Å². The molecular weight excluding hydrogens is 278 g/mol. The van der Waals surface area contributed by atoms with Crippen molar-refractivity contribution in [3.05, 3.63) is 59.2 Å². The highest BCUT2D eigenvalue weighted by Gasteiger charge is 2.09. The summed E-state index contributed by atoms with van der Waals surface area (Å²) < 4.78 is 0. The molecule has 2 aromatic rings. The van der Waals surface area contributed by atoms with Crippen LogP contribution in [0.3, 0.4) is 0 Å². The lowest BCUT2D eigenvalue weighted by Crippen LogP contribution is -2.31. The van der Waals surface area contributed by atoms with Crippen molar-refractivity contribution < 1.29 is 9.90 Å². The molecule has 0 bridgehead atoms. The Labute approximate surface area is 130 Å². The average Bonchev–Trinajstić information content (AvgIpc) is 2.45. The van der Waals surface area contributed by atoms with Crippen LogP contribution in [0.4, 0.5) is 0 Å². The minimum atomic E-state index is -1.04. The fourth-order valence-corrected chi connectivity index (χ4v) is 2.30. The van der Waals surface area contributed by atoms with E-state index >= 15 is 0 Å². The first-order chi connectivity index (χ1) is 10.5. The highest BCUT2D eigenvalue weighted by atomic mass is 16.4. The van der Waals surface area contributed by atoms with Crippen LogP contribution in [-0.2, 0) is 17.9 Å². The molecule has 116 valence electrons. The molecule has 0 aliphatic rings. The van der Waals surface area contributed by atoms with Crippen LogP contribution in [0.5, 0.6) is 0 Å². The standard InChI is InChI=1S/C17H21N3O2/c1-13-5-3-7-15(18-13)11-20(10-9-17(21)22)12-16-8-4-6-14(2)19-16/h3-8H,9-12H2,1-2H3,(H,21,22)/p-1. The van der Waals surface area contributed by atoms with Gasteiger partial charge in [-0.25, -0.2) is 0 Å². The van der Waals surface area contributed by atoms with E-state index in [0.29, 0.717) is 19.6 Å². The van der Waals surface area contributed by atoms with Crippen LogP contribution in [0.25, 0.3) is 0 Å². The third kappa shape index (κ3) is 5.26. The van der Waals surface area contributed by atoms with Gasteiger partial charge in [-0.1, -0.05) is 12.1 Å². The summed E-state index contributed by atoms with van der Waals surface area (Å²) in [5.74, 6) is -1.04. The monoisotopic (exact) mass is 298 g/mol. The number of hydrogen-bond donors (Lipinski definition) is 0. The Balaban J connectivity index is 2.09. The van der Waals surface area contributed by atoms with Gasteiger partial charge in [-0.2, -0.15) is 0 Å². The summed E-state index contributed by atoms with van der Waals surface area (Å²) in [6.45, 7) is 5.47. The first-order valence-corrected chi connectivity index (χ1v) is 7.30. The predicted molar refractivity (Wildman–Crippen MR) is 81.7 cm³/mol. The van der Waals surface area contributed by atoms with Crippen LogP contribution in [-0.4, -0.2) is 27.4 Å². The minimum absolute atomic E-state index is 0.00235. The van der Waals surface area contributed by atoms with Crippen molar-refractivity contribution in [1.29, 1.82) is 0 Å². The number of aryl methyl sites for hydroxylation is 2. The Morgan fingerprint density at radius 2 is 1.50 bits per heavy atom. The molecule has 5 nitrogen and oxygen atoms in total. The van der Waals surface area contributed by atoms with E-state index in [0.717, 1.165) is 22.8 Å². The number of aromatic nitrogens is 2. The Bertz CT molecular complexity index is 596. The molecule has 0 unspecified atom stereocenters. The van der Waals surface area contributed by atoms with Gasteiger partial charge in [0.2, 0.25) is 0 Å². The maximum Gasteiger partial charge on any atom is 0.0547 e. The van der Waals surface area contributed by atoms with E-state index in [4.69, 9.17) is 0 Å². The Morgan fingerprint density at radius 3 is 1.91 bits per heavy atom. The molecule has 0 aromatic carbocycles. The molecule has 0 aliphatic heterocycles. The van der Waals surface area contributed by atoms with Gasteiger partial charge in [0.25, 0.3) is 0 Å². The zero-order chi connectivity index (χ0) is 15.9. The molecule has 2 rings (SSSR count). The molecule has 0 saturated carbocycles. The average molecular weight is 298 g/mol. The van der Waals surface area contributed by atoms with Crippen LogP contribution in [0, 0.1) is 13.8 Å². The van der Waals surface area contributed by atoms with Crippen molar-refractivity contribution in [2.45, 2.75) is 33.4 Å². The lowest BCUT2D eigenvalue weighted by atomic mass is 10.2. The number of carbonyl (C=O) groups is 1.